The fourth-order valence-electron chi connectivity index (χ4n) is 4.95. The molecular weight excluding hydrogens is 380 g/mol. The second kappa shape index (κ2) is 12.8. The van der Waals surface area contributed by atoms with Crippen LogP contribution in [-0.4, -0.2) is 16.8 Å². The van der Waals surface area contributed by atoms with Gasteiger partial charge in [0.25, 0.3) is 0 Å². The van der Waals surface area contributed by atoms with Crippen molar-refractivity contribution in [3.05, 3.63) is 42.2 Å². The van der Waals surface area contributed by atoms with Crippen molar-refractivity contribution in [2.24, 2.45) is 11.8 Å². The second-order valence-electron chi connectivity index (χ2n) is 9.60. The topological polar surface area (TPSA) is 35.0 Å². The fraction of sp³-hybridized carbons (Fsp3) is 0.643. The maximum absolute atomic E-state index is 6.14. The minimum Gasteiger partial charge on any atom is -0.494 e. The number of hydrogen-bond donors (Lipinski definition) is 0. The molecule has 1 fully saturated rings. The van der Waals surface area contributed by atoms with Gasteiger partial charge in [0, 0.05) is 5.56 Å². The Labute approximate surface area is 190 Å². The first-order chi connectivity index (χ1) is 15.2. The van der Waals surface area contributed by atoms with E-state index < -0.39 is 0 Å². The molecule has 2 aromatic rings. The number of rotatable bonds is 12. The molecule has 1 aliphatic carbocycles. The summed E-state index contributed by atoms with van der Waals surface area (Å²) in [6.07, 6.45) is 18.2. The van der Waals surface area contributed by atoms with Crippen molar-refractivity contribution in [2.45, 2.75) is 97.3 Å². The largest absolute Gasteiger partial charge is 0.494 e. The van der Waals surface area contributed by atoms with Crippen molar-refractivity contribution in [1.29, 1.82) is 0 Å². The molecule has 1 heterocycles. The summed E-state index contributed by atoms with van der Waals surface area (Å²) >= 11 is 0. The normalized spacial score (nSPS) is 19.8. The lowest BCUT2D eigenvalue weighted by Gasteiger charge is -2.30. The Hall–Kier alpha value is -1.90. The van der Waals surface area contributed by atoms with E-state index >= 15 is 0 Å². The number of nitrogens with zero attached hydrogens (tertiary/aromatic N) is 2. The van der Waals surface area contributed by atoms with Crippen LogP contribution in [0.25, 0.3) is 11.1 Å². The first-order valence-corrected chi connectivity index (χ1v) is 12.7. The van der Waals surface area contributed by atoms with Gasteiger partial charge in [-0.15, -0.1) is 0 Å². The van der Waals surface area contributed by atoms with Crippen LogP contribution in [0, 0.1) is 11.8 Å². The summed E-state index contributed by atoms with van der Waals surface area (Å²) in [6.45, 7) is 7.67. The first kappa shape index (κ1) is 23.8. The SMILES string of the molecule is CCCCCC1CCC(c2ccc(OCCC[C@@H](C)CC)cc2-c2ccnnc2)CC1. The third kappa shape index (κ3) is 7.33. The zero-order valence-electron chi connectivity index (χ0n) is 20.0. The van der Waals surface area contributed by atoms with E-state index in [-0.39, 0.29) is 0 Å². The zero-order chi connectivity index (χ0) is 21.9. The summed E-state index contributed by atoms with van der Waals surface area (Å²) < 4.78 is 6.14. The Morgan fingerprint density at radius 2 is 1.84 bits per heavy atom. The average Bonchev–Trinajstić information content (AvgIpc) is 2.83. The van der Waals surface area contributed by atoms with Crippen LogP contribution in [0.2, 0.25) is 0 Å². The van der Waals surface area contributed by atoms with E-state index in [4.69, 9.17) is 4.74 Å². The maximum atomic E-state index is 6.14. The molecular formula is C28H42N2O. The van der Waals surface area contributed by atoms with Gasteiger partial charge in [0.2, 0.25) is 0 Å². The molecule has 3 heteroatoms. The van der Waals surface area contributed by atoms with E-state index in [1.807, 2.05) is 6.20 Å². The highest BCUT2D eigenvalue weighted by Gasteiger charge is 2.24. The van der Waals surface area contributed by atoms with Crippen molar-refractivity contribution < 1.29 is 4.74 Å². The van der Waals surface area contributed by atoms with Crippen LogP contribution >= 0.6 is 0 Å². The number of aromatic nitrogens is 2. The van der Waals surface area contributed by atoms with Gasteiger partial charge in [-0.05, 0) is 85.6 Å². The molecule has 170 valence electrons. The van der Waals surface area contributed by atoms with E-state index in [0.717, 1.165) is 36.2 Å². The van der Waals surface area contributed by atoms with Gasteiger partial charge in [-0.25, -0.2) is 0 Å². The van der Waals surface area contributed by atoms with Gasteiger partial charge >= 0.3 is 0 Å². The number of benzene rings is 1. The fourth-order valence-corrected chi connectivity index (χ4v) is 4.95. The molecule has 1 aliphatic rings. The van der Waals surface area contributed by atoms with Gasteiger partial charge in [-0.1, -0.05) is 58.9 Å². The predicted octanol–water partition coefficient (Wildman–Crippen LogP) is 8.20. The lowest BCUT2D eigenvalue weighted by Crippen LogP contribution is -2.14. The lowest BCUT2D eigenvalue weighted by molar-refractivity contribution is 0.293. The molecule has 1 atom stereocenters. The molecule has 0 radical (unpaired) electrons. The van der Waals surface area contributed by atoms with E-state index in [9.17, 15) is 0 Å². The highest BCUT2D eigenvalue weighted by atomic mass is 16.5. The quantitative estimate of drug-likeness (QED) is 0.323. The molecule has 1 saturated carbocycles. The summed E-state index contributed by atoms with van der Waals surface area (Å²) in [5, 5.41) is 8.13. The lowest BCUT2D eigenvalue weighted by atomic mass is 9.75. The average molecular weight is 423 g/mol. The van der Waals surface area contributed by atoms with Gasteiger partial charge in [0.05, 0.1) is 19.0 Å². The van der Waals surface area contributed by atoms with Crippen molar-refractivity contribution in [1.82, 2.24) is 10.2 Å². The standard InChI is InChI=1S/C28H42N2O/c1-4-6-7-10-23-11-13-24(14-12-23)27-16-15-26(31-19-8-9-22(3)5-2)20-28(27)25-17-18-29-30-21-25/h15-18,20-24H,4-14,19H2,1-3H3/t22-,23?,24?/m0/s1. The van der Waals surface area contributed by atoms with Crippen LogP contribution in [0.3, 0.4) is 0 Å². The van der Waals surface area contributed by atoms with E-state index in [2.05, 4.69) is 55.2 Å². The zero-order valence-corrected chi connectivity index (χ0v) is 20.0. The minimum atomic E-state index is 0.644. The Balaban J connectivity index is 1.67. The van der Waals surface area contributed by atoms with Crippen molar-refractivity contribution in [3.8, 4) is 16.9 Å². The van der Waals surface area contributed by atoms with Crippen molar-refractivity contribution in [2.75, 3.05) is 6.61 Å². The summed E-state index contributed by atoms with van der Waals surface area (Å²) in [7, 11) is 0. The van der Waals surface area contributed by atoms with Crippen molar-refractivity contribution in [3.63, 3.8) is 0 Å². The molecule has 1 aromatic heterocycles. The van der Waals surface area contributed by atoms with Crippen LogP contribution in [0.4, 0.5) is 0 Å². The van der Waals surface area contributed by atoms with Crippen LogP contribution in [0.5, 0.6) is 5.75 Å². The van der Waals surface area contributed by atoms with Crippen LogP contribution in [0.15, 0.2) is 36.7 Å². The monoisotopic (exact) mass is 422 g/mol. The molecule has 0 aliphatic heterocycles. The van der Waals surface area contributed by atoms with Gasteiger partial charge < -0.3 is 4.74 Å². The van der Waals surface area contributed by atoms with Gasteiger partial charge in [-0.2, -0.15) is 10.2 Å². The Bertz CT molecular complexity index is 753. The number of ether oxygens (including phenoxy) is 1. The Kier molecular flexibility index (Phi) is 9.84. The molecule has 0 bridgehead atoms. The summed E-state index contributed by atoms with van der Waals surface area (Å²) in [6, 6.07) is 8.82. The number of hydrogen-bond acceptors (Lipinski definition) is 3. The van der Waals surface area contributed by atoms with Crippen molar-refractivity contribution >= 4 is 0 Å². The maximum Gasteiger partial charge on any atom is 0.119 e. The van der Waals surface area contributed by atoms with E-state index in [1.54, 1.807) is 6.20 Å². The highest BCUT2D eigenvalue weighted by Crippen LogP contribution is 2.42. The van der Waals surface area contributed by atoms with Crippen LogP contribution < -0.4 is 4.74 Å². The summed E-state index contributed by atoms with van der Waals surface area (Å²) in [5.74, 6) is 3.33. The first-order valence-electron chi connectivity index (χ1n) is 12.7. The molecule has 3 rings (SSSR count). The molecule has 0 unspecified atom stereocenters. The third-order valence-corrected chi connectivity index (χ3v) is 7.23. The van der Waals surface area contributed by atoms with E-state index in [1.165, 1.54) is 75.3 Å². The van der Waals surface area contributed by atoms with Gasteiger partial charge in [-0.3, -0.25) is 0 Å². The van der Waals surface area contributed by atoms with Gasteiger partial charge in [0.15, 0.2) is 0 Å². The molecule has 0 saturated heterocycles. The second-order valence-corrected chi connectivity index (χ2v) is 9.60. The minimum absolute atomic E-state index is 0.644. The molecule has 1 aromatic carbocycles. The Morgan fingerprint density at radius 3 is 2.55 bits per heavy atom. The van der Waals surface area contributed by atoms with Gasteiger partial charge in [0.1, 0.15) is 5.75 Å². The predicted molar refractivity (Wildman–Crippen MR) is 130 cm³/mol. The number of unbranched alkanes of at least 4 members (excludes halogenated alkanes) is 2. The van der Waals surface area contributed by atoms with E-state index in [0.29, 0.717) is 5.92 Å². The molecule has 3 nitrogen and oxygen atoms in total. The summed E-state index contributed by atoms with van der Waals surface area (Å²) in [4.78, 5) is 0. The smallest absolute Gasteiger partial charge is 0.119 e. The highest BCUT2D eigenvalue weighted by molar-refractivity contribution is 5.69. The summed E-state index contributed by atoms with van der Waals surface area (Å²) in [5.41, 5.74) is 3.90. The molecule has 31 heavy (non-hydrogen) atoms. The van der Waals surface area contributed by atoms with Crippen LogP contribution in [-0.2, 0) is 0 Å². The van der Waals surface area contributed by atoms with Crippen LogP contribution in [0.1, 0.15) is 103 Å². The molecule has 0 spiro atoms. The Morgan fingerprint density at radius 1 is 1.00 bits per heavy atom. The third-order valence-electron chi connectivity index (χ3n) is 7.23. The molecule has 0 amide bonds. The molecule has 0 N–H and O–H groups in total.